The van der Waals surface area contributed by atoms with Crippen molar-refractivity contribution < 1.29 is 9.21 Å². The van der Waals surface area contributed by atoms with Crippen molar-refractivity contribution in [2.75, 3.05) is 18.4 Å². The molecule has 8 heteroatoms. The van der Waals surface area contributed by atoms with Crippen molar-refractivity contribution in [1.82, 2.24) is 15.1 Å². The van der Waals surface area contributed by atoms with Gasteiger partial charge in [0.15, 0.2) is 0 Å². The molecule has 0 spiro atoms. The summed E-state index contributed by atoms with van der Waals surface area (Å²) in [6.45, 7) is 1.35. The highest BCUT2D eigenvalue weighted by molar-refractivity contribution is 7.14. The molecule has 124 valence electrons. The van der Waals surface area contributed by atoms with Gasteiger partial charge in [0, 0.05) is 13.1 Å². The van der Waals surface area contributed by atoms with Crippen LogP contribution < -0.4 is 5.32 Å². The molecule has 2 amide bonds. The Morgan fingerprint density at radius 1 is 1.25 bits per heavy atom. The number of anilines is 1. The number of hydrogen-bond donors (Lipinski definition) is 1. The Morgan fingerprint density at radius 3 is 2.92 bits per heavy atom. The Labute approximate surface area is 147 Å². The summed E-state index contributed by atoms with van der Waals surface area (Å²) in [7, 11) is 0. The molecule has 0 aromatic carbocycles. The van der Waals surface area contributed by atoms with Gasteiger partial charge in [0.1, 0.15) is 0 Å². The molecule has 3 aromatic rings. The lowest BCUT2D eigenvalue weighted by Gasteiger charge is -2.30. The number of aromatic nitrogens is 2. The summed E-state index contributed by atoms with van der Waals surface area (Å²) in [4.78, 5) is 15.2. The first-order valence-corrected chi connectivity index (χ1v) is 9.52. The first-order valence-electron chi connectivity index (χ1n) is 7.76. The van der Waals surface area contributed by atoms with E-state index in [-0.39, 0.29) is 11.9 Å². The fraction of sp³-hybridized carbons (Fsp3) is 0.312. The summed E-state index contributed by atoms with van der Waals surface area (Å²) in [5.74, 6) is 1.27. The van der Waals surface area contributed by atoms with Crippen molar-refractivity contribution >= 4 is 33.7 Å². The van der Waals surface area contributed by atoms with Gasteiger partial charge >= 0.3 is 6.03 Å². The van der Waals surface area contributed by atoms with Crippen molar-refractivity contribution in [2.24, 2.45) is 0 Å². The fourth-order valence-corrected chi connectivity index (χ4v) is 4.05. The molecule has 0 saturated carbocycles. The normalized spacial score (nSPS) is 17.8. The molecule has 1 saturated heterocycles. The quantitative estimate of drug-likeness (QED) is 0.757. The van der Waals surface area contributed by atoms with Crippen LogP contribution in [0.4, 0.5) is 9.80 Å². The summed E-state index contributed by atoms with van der Waals surface area (Å²) in [5.41, 5.74) is 0. The first kappa shape index (κ1) is 15.3. The first-order chi connectivity index (χ1) is 11.8. The molecule has 1 N–H and O–H groups in total. The van der Waals surface area contributed by atoms with E-state index < -0.39 is 0 Å². The van der Waals surface area contributed by atoms with Gasteiger partial charge in [-0.2, -0.15) is 0 Å². The number of nitrogens with one attached hydrogen (secondary N) is 1. The van der Waals surface area contributed by atoms with Crippen molar-refractivity contribution in [2.45, 2.75) is 18.8 Å². The highest BCUT2D eigenvalue weighted by Crippen LogP contribution is 2.30. The lowest BCUT2D eigenvalue weighted by atomic mass is 9.98. The average molecular weight is 360 g/mol. The minimum Gasteiger partial charge on any atom is -0.420 e. The van der Waals surface area contributed by atoms with Gasteiger partial charge in [-0.15, -0.1) is 32.9 Å². The summed E-state index contributed by atoms with van der Waals surface area (Å²) in [5, 5.41) is 16.1. The van der Waals surface area contributed by atoms with Gasteiger partial charge in [-0.25, -0.2) is 4.79 Å². The lowest BCUT2D eigenvalue weighted by molar-refractivity contribution is 0.187. The van der Waals surface area contributed by atoms with Crippen molar-refractivity contribution in [3.63, 3.8) is 0 Å². The van der Waals surface area contributed by atoms with E-state index in [1.54, 1.807) is 11.3 Å². The van der Waals surface area contributed by atoms with E-state index in [9.17, 15) is 4.79 Å². The molecule has 3 aromatic heterocycles. The van der Waals surface area contributed by atoms with E-state index in [1.807, 2.05) is 39.9 Å². The second-order valence-corrected chi connectivity index (χ2v) is 7.51. The molecule has 6 nitrogen and oxygen atoms in total. The zero-order valence-corrected chi connectivity index (χ0v) is 14.5. The number of nitrogens with zero attached hydrogens (tertiary/aromatic N) is 3. The summed E-state index contributed by atoms with van der Waals surface area (Å²) in [6, 6.07) is 7.67. The number of thiophene rings is 2. The van der Waals surface area contributed by atoms with Crippen LogP contribution in [-0.2, 0) is 0 Å². The number of rotatable bonds is 3. The summed E-state index contributed by atoms with van der Waals surface area (Å²) < 4.78 is 5.83. The van der Waals surface area contributed by atoms with Gasteiger partial charge < -0.3 is 9.32 Å². The van der Waals surface area contributed by atoms with Crippen LogP contribution in [0.15, 0.2) is 39.4 Å². The van der Waals surface area contributed by atoms with E-state index in [0.29, 0.717) is 18.3 Å². The predicted molar refractivity (Wildman–Crippen MR) is 94.5 cm³/mol. The van der Waals surface area contributed by atoms with Crippen LogP contribution in [0, 0.1) is 0 Å². The maximum absolute atomic E-state index is 12.4. The molecular formula is C16H16N4O2S2. The van der Waals surface area contributed by atoms with Crippen molar-refractivity contribution in [3.8, 4) is 10.8 Å². The number of urea groups is 1. The number of carbonyl (C=O) groups is 1. The molecule has 0 aliphatic carbocycles. The van der Waals surface area contributed by atoms with Crippen LogP contribution in [-0.4, -0.2) is 34.2 Å². The third kappa shape index (κ3) is 3.20. The molecule has 0 radical (unpaired) electrons. The predicted octanol–water partition coefficient (Wildman–Crippen LogP) is 4.27. The second kappa shape index (κ2) is 6.74. The Morgan fingerprint density at radius 2 is 2.12 bits per heavy atom. The third-order valence-electron chi connectivity index (χ3n) is 3.98. The van der Waals surface area contributed by atoms with Gasteiger partial charge in [-0.3, -0.25) is 5.32 Å². The van der Waals surface area contributed by atoms with Crippen LogP contribution in [0.1, 0.15) is 24.7 Å². The number of carbonyl (C=O) groups excluding carboxylic acids is 1. The molecule has 0 bridgehead atoms. The molecule has 1 atom stereocenters. The second-order valence-electron chi connectivity index (χ2n) is 5.62. The van der Waals surface area contributed by atoms with E-state index in [1.165, 1.54) is 11.3 Å². The van der Waals surface area contributed by atoms with Gasteiger partial charge in [0.25, 0.3) is 5.89 Å². The van der Waals surface area contributed by atoms with Crippen molar-refractivity contribution in [1.29, 1.82) is 0 Å². The van der Waals surface area contributed by atoms with Crippen LogP contribution in [0.2, 0.25) is 0 Å². The Hall–Kier alpha value is -2.19. The Balaban J connectivity index is 1.44. The average Bonchev–Trinajstić information content (AvgIpc) is 3.36. The molecule has 1 aliphatic heterocycles. The topological polar surface area (TPSA) is 71.3 Å². The Kier molecular flexibility index (Phi) is 4.31. The van der Waals surface area contributed by atoms with E-state index in [0.717, 1.165) is 29.3 Å². The van der Waals surface area contributed by atoms with Crippen LogP contribution in [0.25, 0.3) is 10.8 Å². The van der Waals surface area contributed by atoms with Crippen molar-refractivity contribution in [3.05, 3.63) is 40.9 Å². The SMILES string of the molecule is O=C(Nc1cccs1)N1CCC[C@@H](c2nnc(-c3cccs3)o2)C1. The van der Waals surface area contributed by atoms with E-state index >= 15 is 0 Å². The fourth-order valence-electron chi connectivity index (χ4n) is 2.80. The summed E-state index contributed by atoms with van der Waals surface area (Å²) in [6.07, 6.45) is 1.88. The van der Waals surface area contributed by atoms with Gasteiger partial charge in [0.2, 0.25) is 5.89 Å². The molecule has 4 rings (SSSR count). The summed E-state index contributed by atoms with van der Waals surface area (Å²) >= 11 is 3.09. The van der Waals surface area contributed by atoms with Gasteiger partial charge in [0.05, 0.1) is 15.8 Å². The van der Waals surface area contributed by atoms with Gasteiger partial charge in [-0.1, -0.05) is 6.07 Å². The van der Waals surface area contributed by atoms with Crippen LogP contribution in [0.5, 0.6) is 0 Å². The monoisotopic (exact) mass is 360 g/mol. The maximum Gasteiger partial charge on any atom is 0.322 e. The maximum atomic E-state index is 12.4. The van der Waals surface area contributed by atoms with E-state index in [2.05, 4.69) is 15.5 Å². The molecule has 1 aliphatic rings. The van der Waals surface area contributed by atoms with Gasteiger partial charge in [-0.05, 0) is 41.8 Å². The number of amides is 2. The number of piperidine rings is 1. The standard InChI is InChI=1S/C16H16N4O2S2/c21-16(17-13-6-3-9-24-13)20-7-1-4-11(10-20)14-18-19-15(22-14)12-5-2-8-23-12/h2-3,5-6,8-9,11H,1,4,7,10H2,(H,17,21)/t11-/m1/s1. The Bertz CT molecular complexity index is 798. The van der Waals surface area contributed by atoms with E-state index in [4.69, 9.17) is 4.42 Å². The minimum atomic E-state index is -0.0693. The molecular weight excluding hydrogens is 344 g/mol. The third-order valence-corrected chi connectivity index (χ3v) is 5.62. The number of hydrogen-bond acceptors (Lipinski definition) is 6. The highest BCUT2D eigenvalue weighted by atomic mass is 32.1. The zero-order chi connectivity index (χ0) is 16.4. The van der Waals surface area contributed by atoms with Crippen LogP contribution >= 0.6 is 22.7 Å². The smallest absolute Gasteiger partial charge is 0.322 e. The molecule has 4 heterocycles. The minimum absolute atomic E-state index is 0.0693. The lowest BCUT2D eigenvalue weighted by Crippen LogP contribution is -2.41. The molecule has 0 unspecified atom stereocenters. The molecule has 24 heavy (non-hydrogen) atoms. The molecule has 1 fully saturated rings. The number of likely N-dealkylation sites (tertiary alicyclic amines) is 1. The largest absolute Gasteiger partial charge is 0.420 e. The van der Waals surface area contributed by atoms with Crippen LogP contribution in [0.3, 0.4) is 0 Å². The zero-order valence-electron chi connectivity index (χ0n) is 12.8. The highest BCUT2D eigenvalue weighted by Gasteiger charge is 2.28.